The van der Waals surface area contributed by atoms with Crippen molar-refractivity contribution in [1.29, 1.82) is 0 Å². The number of Topliss-reactive ketones (excluding diaryl/α,β-unsaturated/α-hetero) is 1. The third-order valence-electron chi connectivity index (χ3n) is 4.54. The fourth-order valence-corrected chi connectivity index (χ4v) is 3.01. The summed E-state index contributed by atoms with van der Waals surface area (Å²) in [7, 11) is 0. The lowest BCUT2D eigenvalue weighted by atomic mass is 9.97. The van der Waals surface area contributed by atoms with E-state index >= 15 is 0 Å². The second-order valence-electron chi connectivity index (χ2n) is 6.31. The minimum Gasteiger partial charge on any atom is -0.376 e. The highest BCUT2D eigenvalue weighted by atomic mass is 16.5. The van der Waals surface area contributed by atoms with Crippen LogP contribution < -0.4 is 0 Å². The van der Waals surface area contributed by atoms with Gasteiger partial charge in [-0.05, 0) is 56.9 Å². The molecule has 21 heavy (non-hydrogen) atoms. The van der Waals surface area contributed by atoms with Gasteiger partial charge in [0.1, 0.15) is 0 Å². The number of nitrogens with zero attached hydrogens (tertiary/aromatic N) is 1. The first-order valence-electron chi connectivity index (χ1n) is 7.89. The van der Waals surface area contributed by atoms with Crippen LogP contribution in [0.4, 0.5) is 0 Å². The van der Waals surface area contributed by atoms with Gasteiger partial charge in [-0.3, -0.25) is 9.69 Å². The summed E-state index contributed by atoms with van der Waals surface area (Å²) in [5.41, 5.74) is 4.38. The fraction of sp³-hybridized carbons (Fsp3) is 0.611. The summed E-state index contributed by atoms with van der Waals surface area (Å²) in [4.78, 5) is 15.0. The van der Waals surface area contributed by atoms with E-state index < -0.39 is 0 Å². The number of morpholine rings is 1. The van der Waals surface area contributed by atoms with Gasteiger partial charge in [0.25, 0.3) is 0 Å². The number of benzene rings is 1. The average Bonchev–Trinajstić information content (AvgIpc) is 2.43. The normalized spacial score (nSPS) is 23.3. The van der Waals surface area contributed by atoms with Crippen LogP contribution in [0.3, 0.4) is 0 Å². The van der Waals surface area contributed by atoms with Crippen LogP contribution in [0, 0.1) is 20.8 Å². The second-order valence-corrected chi connectivity index (χ2v) is 6.31. The number of rotatable bonds is 4. The van der Waals surface area contributed by atoms with Crippen molar-refractivity contribution in [2.45, 2.75) is 53.2 Å². The molecule has 0 saturated carbocycles. The van der Waals surface area contributed by atoms with Gasteiger partial charge in [0.2, 0.25) is 0 Å². The molecule has 0 bridgehead atoms. The number of hydrogen-bond donors (Lipinski definition) is 0. The highest BCUT2D eigenvalue weighted by Gasteiger charge is 2.27. The zero-order valence-electron chi connectivity index (χ0n) is 13.9. The first-order chi connectivity index (χ1) is 9.92. The highest BCUT2D eigenvalue weighted by Crippen LogP contribution is 2.19. The van der Waals surface area contributed by atoms with Crippen molar-refractivity contribution in [1.82, 2.24) is 4.90 Å². The quantitative estimate of drug-likeness (QED) is 0.797. The van der Waals surface area contributed by atoms with Crippen LogP contribution in [-0.2, 0) is 4.74 Å². The van der Waals surface area contributed by atoms with E-state index in [4.69, 9.17) is 4.74 Å². The Bertz CT molecular complexity index is 524. The van der Waals surface area contributed by atoms with Crippen LogP contribution in [-0.4, -0.2) is 42.5 Å². The summed E-state index contributed by atoms with van der Waals surface area (Å²) in [6, 6.07) is 4.51. The van der Waals surface area contributed by atoms with Crippen LogP contribution in [0.2, 0.25) is 0 Å². The minimum atomic E-state index is 0.210. The molecule has 0 aliphatic carbocycles. The molecule has 1 aliphatic rings. The first-order valence-corrected chi connectivity index (χ1v) is 7.89. The van der Waals surface area contributed by atoms with Crippen LogP contribution >= 0.6 is 0 Å². The molecule has 0 amide bonds. The van der Waals surface area contributed by atoms with Crippen molar-refractivity contribution in [2.75, 3.05) is 19.7 Å². The van der Waals surface area contributed by atoms with Gasteiger partial charge in [-0.25, -0.2) is 0 Å². The van der Waals surface area contributed by atoms with Gasteiger partial charge >= 0.3 is 0 Å². The molecule has 2 unspecified atom stereocenters. The molecule has 0 aromatic heterocycles. The molecular formula is C18H27NO2. The molecule has 0 N–H and O–H groups in total. The summed E-state index contributed by atoms with van der Waals surface area (Å²) in [5.74, 6) is 0.225. The Hall–Kier alpha value is -1.19. The Labute approximate surface area is 128 Å². The molecule has 1 aliphatic heterocycles. The first kappa shape index (κ1) is 16.2. The summed E-state index contributed by atoms with van der Waals surface area (Å²) in [5, 5.41) is 0. The van der Waals surface area contributed by atoms with Crippen molar-refractivity contribution >= 4 is 5.78 Å². The van der Waals surface area contributed by atoms with Crippen molar-refractivity contribution in [2.24, 2.45) is 0 Å². The lowest BCUT2D eigenvalue weighted by molar-refractivity contribution is -0.0523. The molecule has 3 nitrogen and oxygen atoms in total. The molecule has 2 rings (SSSR count). The summed E-state index contributed by atoms with van der Waals surface area (Å²) in [6.45, 7) is 12.5. The predicted molar refractivity (Wildman–Crippen MR) is 86.0 cm³/mol. The SMILES string of the molecule is CCC1COC(C)CN1CC(=O)c1cc(C)c(C)cc1C. The third kappa shape index (κ3) is 3.72. The monoisotopic (exact) mass is 289 g/mol. The fourth-order valence-electron chi connectivity index (χ4n) is 3.01. The van der Waals surface area contributed by atoms with Crippen molar-refractivity contribution in [3.8, 4) is 0 Å². The largest absolute Gasteiger partial charge is 0.376 e. The molecule has 1 saturated heterocycles. The van der Waals surface area contributed by atoms with Gasteiger partial charge in [0.05, 0.1) is 19.3 Å². The Morgan fingerprint density at radius 3 is 2.57 bits per heavy atom. The van der Waals surface area contributed by atoms with Crippen molar-refractivity contribution in [3.05, 3.63) is 34.4 Å². The van der Waals surface area contributed by atoms with E-state index in [0.29, 0.717) is 12.6 Å². The maximum atomic E-state index is 12.7. The number of hydrogen-bond acceptors (Lipinski definition) is 3. The van der Waals surface area contributed by atoms with Crippen LogP contribution in [0.5, 0.6) is 0 Å². The van der Waals surface area contributed by atoms with Gasteiger partial charge in [-0.2, -0.15) is 0 Å². The molecule has 2 atom stereocenters. The van der Waals surface area contributed by atoms with Crippen LogP contribution in [0.25, 0.3) is 0 Å². The molecule has 1 aromatic rings. The Morgan fingerprint density at radius 1 is 1.24 bits per heavy atom. The van der Waals surface area contributed by atoms with E-state index in [1.54, 1.807) is 0 Å². The Balaban J connectivity index is 2.15. The zero-order chi connectivity index (χ0) is 15.6. The standard InChI is InChI=1S/C18H27NO2/c1-6-16-11-21-15(5)9-19(16)10-18(20)17-8-13(3)12(2)7-14(17)4/h7-8,15-16H,6,9-11H2,1-5H3. The van der Waals surface area contributed by atoms with Gasteiger partial charge in [-0.1, -0.05) is 13.0 Å². The molecule has 1 aromatic carbocycles. The molecule has 3 heteroatoms. The molecule has 1 fully saturated rings. The summed E-state index contributed by atoms with van der Waals surface area (Å²) >= 11 is 0. The zero-order valence-corrected chi connectivity index (χ0v) is 13.9. The average molecular weight is 289 g/mol. The summed E-state index contributed by atoms with van der Waals surface area (Å²) in [6.07, 6.45) is 1.23. The highest BCUT2D eigenvalue weighted by molar-refractivity contribution is 5.99. The van der Waals surface area contributed by atoms with Crippen molar-refractivity contribution in [3.63, 3.8) is 0 Å². The van der Waals surface area contributed by atoms with Gasteiger partial charge in [-0.15, -0.1) is 0 Å². The number of carbonyl (C=O) groups excluding carboxylic acids is 1. The second kappa shape index (κ2) is 6.71. The number of carbonyl (C=O) groups is 1. The predicted octanol–water partition coefficient (Wildman–Crippen LogP) is 3.29. The topological polar surface area (TPSA) is 29.5 Å². The number of ether oxygens (including phenoxy) is 1. The maximum absolute atomic E-state index is 12.7. The summed E-state index contributed by atoms with van der Waals surface area (Å²) < 4.78 is 5.70. The minimum absolute atomic E-state index is 0.210. The maximum Gasteiger partial charge on any atom is 0.177 e. The number of aryl methyl sites for hydroxylation is 3. The van der Waals surface area contributed by atoms with Crippen molar-refractivity contribution < 1.29 is 9.53 Å². The molecule has 0 radical (unpaired) electrons. The van der Waals surface area contributed by atoms with E-state index in [1.165, 1.54) is 11.1 Å². The van der Waals surface area contributed by atoms with Gasteiger partial charge < -0.3 is 4.74 Å². The lowest BCUT2D eigenvalue weighted by Gasteiger charge is -2.37. The molecule has 116 valence electrons. The Kier molecular flexibility index (Phi) is 5.17. The van der Waals surface area contributed by atoms with Crippen LogP contribution in [0.15, 0.2) is 12.1 Å². The van der Waals surface area contributed by atoms with Gasteiger partial charge in [0, 0.05) is 18.2 Å². The van der Waals surface area contributed by atoms with E-state index in [9.17, 15) is 4.79 Å². The van der Waals surface area contributed by atoms with Crippen LogP contribution in [0.1, 0.15) is 47.3 Å². The third-order valence-corrected chi connectivity index (χ3v) is 4.54. The smallest absolute Gasteiger partial charge is 0.177 e. The van der Waals surface area contributed by atoms with Gasteiger partial charge in [0.15, 0.2) is 5.78 Å². The molecule has 0 spiro atoms. The van der Waals surface area contributed by atoms with E-state index in [0.717, 1.165) is 30.7 Å². The number of ketones is 1. The lowest BCUT2D eigenvalue weighted by Crippen LogP contribution is -2.50. The van der Waals surface area contributed by atoms with E-state index in [-0.39, 0.29) is 11.9 Å². The van der Waals surface area contributed by atoms with E-state index in [2.05, 4.69) is 38.7 Å². The van der Waals surface area contributed by atoms with E-state index in [1.807, 2.05) is 13.0 Å². The molecule has 1 heterocycles. The molecular weight excluding hydrogens is 262 g/mol. The Morgan fingerprint density at radius 2 is 1.90 bits per heavy atom.